The van der Waals surface area contributed by atoms with E-state index in [2.05, 4.69) is 26.3 Å². The molecule has 0 aliphatic carbocycles. The molecule has 0 bridgehead atoms. The van der Waals surface area contributed by atoms with Gasteiger partial charge < -0.3 is 21.1 Å². The summed E-state index contributed by atoms with van der Waals surface area (Å²) < 4.78 is 27.4. The molecular weight excluding hydrogens is 460 g/mol. The number of nitrogens with one attached hydrogen (secondary N) is 4. The number of carboxylic acids is 1. The maximum atomic E-state index is 13.7. The second kappa shape index (κ2) is 11.5. The molecule has 0 aliphatic heterocycles. The van der Waals surface area contributed by atoms with Gasteiger partial charge in [0.2, 0.25) is 0 Å². The van der Waals surface area contributed by atoms with E-state index in [9.17, 15) is 23.2 Å². The Morgan fingerprint density at radius 1 is 0.943 bits per heavy atom. The number of anilines is 4. The van der Waals surface area contributed by atoms with E-state index in [4.69, 9.17) is 5.11 Å². The Balaban J connectivity index is 1.85. The highest BCUT2D eigenvalue weighted by Gasteiger charge is 2.16. The number of hydrogen-bond donors (Lipinski definition) is 5. The first kappa shape index (κ1) is 25.1. The number of aryl methyl sites for hydroxylation is 1. The Bertz CT molecular complexity index is 1210. The van der Waals surface area contributed by atoms with Crippen LogP contribution in [0.4, 0.5) is 36.5 Å². The van der Waals surface area contributed by atoms with Gasteiger partial charge in [0.05, 0.1) is 11.3 Å². The van der Waals surface area contributed by atoms with Crippen molar-refractivity contribution in [2.24, 2.45) is 0 Å². The van der Waals surface area contributed by atoms with Gasteiger partial charge in [-0.2, -0.15) is 0 Å². The summed E-state index contributed by atoms with van der Waals surface area (Å²) in [5.41, 5.74) is 1.48. The molecule has 5 N–H and O–H groups in total. The molecule has 3 aromatic rings. The van der Waals surface area contributed by atoms with Crippen LogP contribution in [0, 0.1) is 11.6 Å². The van der Waals surface area contributed by atoms with Crippen LogP contribution in [-0.2, 0) is 11.2 Å². The molecule has 1 aromatic heterocycles. The van der Waals surface area contributed by atoms with Crippen LogP contribution in [0.3, 0.4) is 0 Å². The number of benzene rings is 2. The summed E-state index contributed by atoms with van der Waals surface area (Å²) >= 11 is 0. The smallest absolute Gasteiger partial charge is 0.320 e. The third-order valence-electron chi connectivity index (χ3n) is 4.71. The monoisotopic (exact) mass is 483 g/mol. The van der Waals surface area contributed by atoms with Crippen molar-refractivity contribution in [3.8, 4) is 0 Å². The number of urea groups is 1. The van der Waals surface area contributed by atoms with Crippen LogP contribution in [0.5, 0.6) is 0 Å². The summed E-state index contributed by atoms with van der Waals surface area (Å²) in [4.78, 5) is 39.6. The number of nitrogens with zero attached hydrogens (tertiary/aromatic N) is 1. The molecule has 0 spiro atoms. The highest BCUT2D eigenvalue weighted by Crippen LogP contribution is 2.25. The number of amides is 3. The molecule has 182 valence electrons. The van der Waals surface area contributed by atoms with Gasteiger partial charge >= 0.3 is 12.0 Å². The van der Waals surface area contributed by atoms with Crippen LogP contribution in [0.2, 0.25) is 0 Å². The molecule has 3 rings (SSSR count). The van der Waals surface area contributed by atoms with Gasteiger partial charge in [-0.3, -0.25) is 14.9 Å². The summed E-state index contributed by atoms with van der Waals surface area (Å²) in [5.74, 6) is -2.99. The molecule has 11 heteroatoms. The second-order valence-electron chi connectivity index (χ2n) is 7.43. The number of hydrogen-bond acceptors (Lipinski definition) is 5. The van der Waals surface area contributed by atoms with Crippen molar-refractivity contribution in [3.63, 3.8) is 0 Å². The number of pyridine rings is 1. The van der Waals surface area contributed by atoms with E-state index in [0.717, 1.165) is 17.7 Å². The first-order chi connectivity index (χ1) is 16.7. The Morgan fingerprint density at radius 3 is 2.26 bits per heavy atom. The Morgan fingerprint density at radius 2 is 1.63 bits per heavy atom. The Labute approximate surface area is 199 Å². The average Bonchev–Trinajstić information content (AvgIpc) is 2.78. The van der Waals surface area contributed by atoms with Gasteiger partial charge in [0.25, 0.3) is 5.91 Å². The van der Waals surface area contributed by atoms with E-state index in [1.807, 2.05) is 0 Å². The highest BCUT2D eigenvalue weighted by molar-refractivity contribution is 6.08. The van der Waals surface area contributed by atoms with Gasteiger partial charge in [0, 0.05) is 42.7 Å². The summed E-state index contributed by atoms with van der Waals surface area (Å²) in [5, 5.41) is 19.3. The van der Waals surface area contributed by atoms with Crippen LogP contribution >= 0.6 is 0 Å². The molecule has 3 amide bonds. The predicted octanol–water partition coefficient (Wildman–Crippen LogP) is 4.51. The molecule has 0 fully saturated rings. The van der Waals surface area contributed by atoms with E-state index in [1.165, 1.54) is 12.3 Å². The van der Waals surface area contributed by atoms with E-state index in [0.29, 0.717) is 24.7 Å². The minimum atomic E-state index is -0.904. The molecular formula is C24H23F2N5O4. The minimum absolute atomic E-state index is 0.0102. The van der Waals surface area contributed by atoms with Crippen LogP contribution < -0.4 is 21.3 Å². The number of halogens is 2. The Kier molecular flexibility index (Phi) is 8.28. The van der Waals surface area contributed by atoms with Gasteiger partial charge in [-0.05, 0) is 43.2 Å². The lowest BCUT2D eigenvalue weighted by molar-refractivity contribution is -0.136. The molecule has 35 heavy (non-hydrogen) atoms. The number of aromatic nitrogens is 1. The van der Waals surface area contributed by atoms with E-state index in [-0.39, 0.29) is 29.2 Å². The zero-order valence-corrected chi connectivity index (χ0v) is 18.7. The SMILES string of the molecule is CCNC(=O)Nc1cc(Nc2cc(F)cc(F)c2)c(C(=O)Nc2ccc(CCC(=O)O)cc2)cn1. The zero-order valence-electron chi connectivity index (χ0n) is 18.7. The van der Waals surface area contributed by atoms with Crippen LogP contribution in [0.15, 0.2) is 54.7 Å². The fraction of sp³-hybridized carbons (Fsp3) is 0.167. The lowest BCUT2D eigenvalue weighted by Gasteiger charge is -2.14. The van der Waals surface area contributed by atoms with Crippen molar-refractivity contribution < 1.29 is 28.3 Å². The molecule has 9 nitrogen and oxygen atoms in total. The molecule has 0 aliphatic rings. The molecule has 0 saturated carbocycles. The quantitative estimate of drug-likeness (QED) is 0.304. The molecule has 0 unspecified atom stereocenters. The molecule has 0 atom stereocenters. The highest BCUT2D eigenvalue weighted by atomic mass is 19.1. The third-order valence-corrected chi connectivity index (χ3v) is 4.71. The van der Waals surface area contributed by atoms with Crippen molar-refractivity contribution in [3.05, 3.63) is 77.5 Å². The zero-order chi connectivity index (χ0) is 25.4. The van der Waals surface area contributed by atoms with E-state index in [1.54, 1.807) is 31.2 Å². The average molecular weight is 483 g/mol. The first-order valence-corrected chi connectivity index (χ1v) is 10.6. The molecule has 0 radical (unpaired) electrons. The number of carbonyl (C=O) groups is 3. The van der Waals surface area contributed by atoms with Crippen molar-refractivity contribution in [1.29, 1.82) is 0 Å². The maximum absolute atomic E-state index is 13.7. The summed E-state index contributed by atoms with van der Waals surface area (Å²) in [7, 11) is 0. The topological polar surface area (TPSA) is 132 Å². The second-order valence-corrected chi connectivity index (χ2v) is 7.43. The summed E-state index contributed by atoms with van der Waals surface area (Å²) in [6, 6.07) is 10.3. The summed E-state index contributed by atoms with van der Waals surface area (Å²) in [6.07, 6.45) is 1.56. The van der Waals surface area contributed by atoms with Crippen LogP contribution in [0.1, 0.15) is 29.3 Å². The predicted molar refractivity (Wildman–Crippen MR) is 127 cm³/mol. The van der Waals surface area contributed by atoms with Gasteiger partial charge in [-0.1, -0.05) is 12.1 Å². The van der Waals surface area contributed by atoms with Crippen molar-refractivity contribution >= 4 is 40.8 Å². The van der Waals surface area contributed by atoms with Crippen molar-refractivity contribution in [2.75, 3.05) is 22.5 Å². The van der Waals surface area contributed by atoms with Gasteiger partial charge in [0.1, 0.15) is 17.5 Å². The molecule has 0 saturated heterocycles. The maximum Gasteiger partial charge on any atom is 0.320 e. The standard InChI is InChI=1S/C24H23F2N5O4/c1-2-27-24(35)31-21-12-20(29-18-10-15(25)9-16(26)11-18)19(13-28-21)23(34)30-17-6-3-14(4-7-17)5-8-22(32)33/h3-4,6-7,9-13H,2,5,8H2,1H3,(H,30,34)(H,32,33)(H3,27,28,29,31,35). The van der Waals surface area contributed by atoms with Crippen molar-refractivity contribution in [1.82, 2.24) is 10.3 Å². The number of carboxylic acid groups (broad SMARTS) is 1. The van der Waals surface area contributed by atoms with Crippen LogP contribution in [-0.4, -0.2) is 34.5 Å². The number of rotatable bonds is 9. The van der Waals surface area contributed by atoms with E-state index >= 15 is 0 Å². The largest absolute Gasteiger partial charge is 0.481 e. The summed E-state index contributed by atoms with van der Waals surface area (Å²) in [6.45, 7) is 2.12. The molecule has 1 heterocycles. The van der Waals surface area contributed by atoms with Gasteiger partial charge in [-0.25, -0.2) is 18.6 Å². The fourth-order valence-electron chi connectivity index (χ4n) is 3.12. The van der Waals surface area contributed by atoms with Crippen molar-refractivity contribution in [2.45, 2.75) is 19.8 Å². The van der Waals surface area contributed by atoms with Gasteiger partial charge in [-0.15, -0.1) is 0 Å². The van der Waals surface area contributed by atoms with E-state index < -0.39 is 29.5 Å². The minimum Gasteiger partial charge on any atom is -0.481 e. The van der Waals surface area contributed by atoms with Gasteiger partial charge in [0.15, 0.2) is 0 Å². The normalized spacial score (nSPS) is 10.4. The number of carbonyl (C=O) groups excluding carboxylic acids is 2. The fourth-order valence-corrected chi connectivity index (χ4v) is 3.12. The third kappa shape index (κ3) is 7.49. The lowest BCUT2D eigenvalue weighted by Crippen LogP contribution is -2.28. The first-order valence-electron chi connectivity index (χ1n) is 10.6. The lowest BCUT2D eigenvalue weighted by atomic mass is 10.1. The van der Waals surface area contributed by atoms with Crippen LogP contribution in [0.25, 0.3) is 0 Å². The molecule has 2 aromatic carbocycles. The number of aliphatic carboxylic acids is 1. The Hall–Kier alpha value is -4.54.